The molecule has 0 aromatic carbocycles. The first kappa shape index (κ1) is 36.1. The average Bonchev–Trinajstić information content (AvgIpc) is 2.54. The molecule has 4 nitrogen and oxygen atoms in total. The minimum atomic E-state index is -2.33. The second-order valence-corrected chi connectivity index (χ2v) is 45.0. The highest BCUT2D eigenvalue weighted by molar-refractivity contribution is 6.91. The van der Waals surface area contributed by atoms with Gasteiger partial charge in [0.1, 0.15) is 0 Å². The Hall–Kier alpha value is 1.10. The fourth-order valence-electron chi connectivity index (χ4n) is 5.19. The van der Waals surface area contributed by atoms with Crippen molar-refractivity contribution in [2.45, 2.75) is 141 Å². The average molecular weight is 611 g/mol. The first-order valence-corrected chi connectivity index (χ1v) is 35.3. The monoisotopic (exact) mass is 610 g/mol. The van der Waals surface area contributed by atoms with Crippen LogP contribution in [0, 0.1) is 0 Å². The van der Waals surface area contributed by atoms with Gasteiger partial charge in [-0.25, -0.2) is 0 Å². The van der Waals surface area contributed by atoms with Crippen molar-refractivity contribution in [3.05, 3.63) is 12.7 Å². The molecule has 0 N–H and O–H groups in total. The topological polar surface area (TPSA) is 36.9 Å². The van der Waals surface area contributed by atoms with Crippen molar-refractivity contribution >= 4 is 58.5 Å². The fourth-order valence-corrected chi connectivity index (χ4v) is 41.4. The first-order chi connectivity index (χ1) is 15.4. The molecule has 0 radical (unpaired) electrons. The summed E-state index contributed by atoms with van der Waals surface area (Å²) >= 11 is 0. The number of hydrogen-bond donors (Lipinski definition) is 0. The SMILES string of the molecule is C=CC[Si](C)(C)O[Si](C)(C)CC[Si](C)(C)O[Si](C)(CC[Si](C)(C)O[Si](C)(C)C)O[Si](C)(C)CCC. The quantitative estimate of drug-likeness (QED) is 0.114. The summed E-state index contributed by atoms with van der Waals surface area (Å²) in [5, 5.41) is 0. The van der Waals surface area contributed by atoms with Gasteiger partial charge < -0.3 is 16.5 Å². The standard InChI is InChI=1S/C24H62O4Si7/c1-17-19-30(6,7)26-33(12,13)21-22-34(14,15)28-35(16,27-31(8,9)20-18-2)24-23-32(10,11)25-29(3,4)5/h17H,1,18-24H2,2-16H3. The summed E-state index contributed by atoms with van der Waals surface area (Å²) in [5.41, 5.74) is 0. The lowest BCUT2D eigenvalue weighted by atomic mass is 10.6. The molecule has 0 heterocycles. The van der Waals surface area contributed by atoms with Crippen LogP contribution in [0.3, 0.4) is 0 Å². The highest BCUT2D eigenvalue weighted by Crippen LogP contribution is 2.34. The van der Waals surface area contributed by atoms with Gasteiger partial charge in [0.25, 0.3) is 0 Å². The van der Waals surface area contributed by atoms with E-state index in [9.17, 15) is 0 Å². The van der Waals surface area contributed by atoms with E-state index in [2.05, 4.69) is 105 Å². The molecule has 0 amide bonds. The lowest BCUT2D eigenvalue weighted by molar-refractivity contribution is 0.377. The molecule has 11 heteroatoms. The van der Waals surface area contributed by atoms with Crippen molar-refractivity contribution in [2.24, 2.45) is 0 Å². The predicted octanol–water partition coefficient (Wildman–Crippen LogP) is 9.58. The molecule has 0 bridgehead atoms. The van der Waals surface area contributed by atoms with E-state index in [1.54, 1.807) is 0 Å². The molecule has 0 saturated carbocycles. The lowest BCUT2D eigenvalue weighted by Gasteiger charge is -2.43. The molecular weight excluding hydrogens is 549 g/mol. The van der Waals surface area contributed by atoms with E-state index in [0.717, 1.165) is 24.2 Å². The third-order valence-corrected chi connectivity index (χ3v) is 32.6. The molecule has 0 saturated heterocycles. The van der Waals surface area contributed by atoms with Gasteiger partial charge in [-0.1, -0.05) is 19.4 Å². The fraction of sp³-hybridized carbons (Fsp3) is 0.917. The highest BCUT2D eigenvalue weighted by Gasteiger charge is 2.45. The largest absolute Gasteiger partial charge is 0.456 e. The Labute approximate surface area is 228 Å². The Bertz CT molecular complexity index is 661. The van der Waals surface area contributed by atoms with Crippen molar-refractivity contribution in [3.8, 4) is 0 Å². The van der Waals surface area contributed by atoms with Crippen molar-refractivity contribution in [2.75, 3.05) is 0 Å². The van der Waals surface area contributed by atoms with Crippen LogP contribution in [0.1, 0.15) is 13.3 Å². The van der Waals surface area contributed by atoms with Crippen LogP contribution in [0.15, 0.2) is 12.7 Å². The van der Waals surface area contributed by atoms with Crippen LogP contribution >= 0.6 is 0 Å². The molecule has 0 spiro atoms. The van der Waals surface area contributed by atoms with E-state index in [1.165, 1.54) is 18.5 Å². The molecule has 1 atom stereocenters. The summed E-state index contributed by atoms with van der Waals surface area (Å²) in [5.74, 6) is 0. The summed E-state index contributed by atoms with van der Waals surface area (Å²) in [6.07, 6.45) is 3.22. The molecule has 0 aromatic rings. The lowest BCUT2D eigenvalue weighted by Crippen LogP contribution is -2.55. The normalized spacial score (nSPS) is 16.3. The van der Waals surface area contributed by atoms with Gasteiger partial charge in [-0.3, -0.25) is 0 Å². The Balaban J connectivity index is 5.58. The van der Waals surface area contributed by atoms with E-state index in [-0.39, 0.29) is 0 Å². The van der Waals surface area contributed by atoms with Crippen LogP contribution in [-0.4, -0.2) is 58.5 Å². The summed E-state index contributed by atoms with van der Waals surface area (Å²) in [6.45, 7) is 39.3. The second-order valence-electron chi connectivity index (χ2n) is 14.7. The van der Waals surface area contributed by atoms with Crippen LogP contribution in [0.4, 0.5) is 0 Å². The molecular formula is C24H62O4Si7. The Morgan fingerprint density at radius 3 is 1.26 bits per heavy atom. The molecule has 0 aromatic heterocycles. The maximum absolute atomic E-state index is 7.24. The Morgan fingerprint density at radius 2 is 0.857 bits per heavy atom. The van der Waals surface area contributed by atoms with Gasteiger partial charge in [0, 0.05) is 0 Å². The summed E-state index contributed by atoms with van der Waals surface area (Å²) in [4.78, 5) is 0. The summed E-state index contributed by atoms with van der Waals surface area (Å²) in [7, 11) is -12.7. The van der Waals surface area contributed by atoms with Gasteiger partial charge in [-0.05, 0) is 128 Å². The number of hydrogen-bond acceptors (Lipinski definition) is 4. The van der Waals surface area contributed by atoms with Crippen LogP contribution in [0.2, 0.25) is 128 Å². The molecule has 1 unspecified atom stereocenters. The smallest absolute Gasteiger partial charge is 0.314 e. The third kappa shape index (κ3) is 17.3. The van der Waals surface area contributed by atoms with E-state index in [1.807, 2.05) is 6.08 Å². The van der Waals surface area contributed by atoms with Crippen LogP contribution < -0.4 is 0 Å². The van der Waals surface area contributed by atoms with E-state index in [4.69, 9.17) is 16.5 Å². The van der Waals surface area contributed by atoms with Gasteiger partial charge in [-0.15, -0.1) is 6.58 Å². The Morgan fingerprint density at radius 1 is 0.486 bits per heavy atom. The van der Waals surface area contributed by atoms with Crippen molar-refractivity contribution in [3.63, 3.8) is 0 Å². The van der Waals surface area contributed by atoms with Crippen LogP contribution in [-0.2, 0) is 16.5 Å². The van der Waals surface area contributed by atoms with Crippen LogP contribution in [0.25, 0.3) is 0 Å². The molecule has 0 fully saturated rings. The van der Waals surface area contributed by atoms with Gasteiger partial charge in [-0.2, -0.15) is 0 Å². The number of allylic oxidation sites excluding steroid dienone is 1. The van der Waals surface area contributed by atoms with Crippen LogP contribution in [0.5, 0.6) is 0 Å². The maximum Gasteiger partial charge on any atom is 0.314 e. The van der Waals surface area contributed by atoms with Crippen molar-refractivity contribution in [1.29, 1.82) is 0 Å². The van der Waals surface area contributed by atoms with E-state index >= 15 is 0 Å². The molecule has 0 rings (SSSR count). The minimum Gasteiger partial charge on any atom is -0.456 e. The van der Waals surface area contributed by atoms with Gasteiger partial charge >= 0.3 is 8.56 Å². The van der Waals surface area contributed by atoms with Gasteiger partial charge in [0.05, 0.1) is 0 Å². The first-order valence-electron chi connectivity index (χ1n) is 13.8. The summed E-state index contributed by atoms with van der Waals surface area (Å²) in [6, 6.07) is 6.73. The van der Waals surface area contributed by atoms with Crippen molar-refractivity contribution in [1.82, 2.24) is 0 Å². The minimum absolute atomic E-state index is 1.02. The maximum atomic E-state index is 7.24. The van der Waals surface area contributed by atoms with Crippen molar-refractivity contribution < 1.29 is 16.5 Å². The Kier molecular flexibility index (Phi) is 13.9. The molecule has 0 aliphatic carbocycles. The second kappa shape index (κ2) is 13.4. The zero-order valence-electron chi connectivity index (χ0n) is 26.4. The molecule has 0 aliphatic rings. The third-order valence-electron chi connectivity index (χ3n) is 6.12. The summed E-state index contributed by atoms with van der Waals surface area (Å²) < 4.78 is 27.8. The van der Waals surface area contributed by atoms with Gasteiger partial charge in [0.15, 0.2) is 49.9 Å². The highest BCUT2D eigenvalue weighted by atomic mass is 28.5. The zero-order chi connectivity index (χ0) is 28.0. The number of rotatable bonds is 18. The van der Waals surface area contributed by atoms with Gasteiger partial charge in [0.2, 0.25) is 0 Å². The predicted molar refractivity (Wildman–Crippen MR) is 176 cm³/mol. The molecule has 210 valence electrons. The van der Waals surface area contributed by atoms with E-state index in [0.29, 0.717) is 0 Å². The molecule has 35 heavy (non-hydrogen) atoms. The zero-order valence-corrected chi connectivity index (χ0v) is 33.4. The molecule has 0 aliphatic heterocycles. The van der Waals surface area contributed by atoms with E-state index < -0.39 is 58.5 Å².